The second-order valence-corrected chi connectivity index (χ2v) is 5.50. The summed E-state index contributed by atoms with van der Waals surface area (Å²) < 4.78 is 10.1. The number of ether oxygens (including phenoxy) is 2. The van der Waals surface area contributed by atoms with E-state index in [1.165, 1.54) is 4.88 Å². The molecule has 0 spiro atoms. The van der Waals surface area contributed by atoms with Gasteiger partial charge in [-0.2, -0.15) is 0 Å². The van der Waals surface area contributed by atoms with Gasteiger partial charge in [0, 0.05) is 52.4 Å². The number of nitrogens with zero attached hydrogens (tertiary/aromatic N) is 2. The number of aromatic nitrogens is 1. The van der Waals surface area contributed by atoms with Gasteiger partial charge in [0.2, 0.25) is 0 Å². The molecule has 19 heavy (non-hydrogen) atoms. The summed E-state index contributed by atoms with van der Waals surface area (Å²) in [6, 6.07) is 0. The summed E-state index contributed by atoms with van der Waals surface area (Å²) in [5.74, 6) is 0. The summed E-state index contributed by atoms with van der Waals surface area (Å²) in [7, 11) is 5.53. The Kier molecular flexibility index (Phi) is 7.97. The molecule has 5 nitrogen and oxygen atoms in total. The predicted molar refractivity (Wildman–Crippen MR) is 80.2 cm³/mol. The van der Waals surface area contributed by atoms with E-state index in [0.29, 0.717) is 0 Å². The number of aryl methyl sites for hydroxylation is 1. The van der Waals surface area contributed by atoms with Gasteiger partial charge in [0.1, 0.15) is 0 Å². The topological polar surface area (TPSA) is 46.6 Å². The van der Waals surface area contributed by atoms with Crippen LogP contribution in [0.1, 0.15) is 17.0 Å². The van der Waals surface area contributed by atoms with Crippen LogP contribution in [0.15, 0.2) is 0 Å². The van der Waals surface area contributed by atoms with Crippen molar-refractivity contribution in [2.45, 2.75) is 19.9 Å². The molecule has 0 radical (unpaired) electrons. The molecule has 1 aromatic rings. The molecule has 0 atom stereocenters. The lowest BCUT2D eigenvalue weighted by Crippen LogP contribution is -2.19. The summed E-state index contributed by atoms with van der Waals surface area (Å²) in [6.45, 7) is 6.29. The zero-order valence-electron chi connectivity index (χ0n) is 12.4. The zero-order chi connectivity index (χ0) is 14.1. The molecular formula is C13H25N3O2S. The molecule has 0 saturated heterocycles. The van der Waals surface area contributed by atoms with Gasteiger partial charge >= 0.3 is 0 Å². The van der Waals surface area contributed by atoms with Crippen molar-refractivity contribution in [3.05, 3.63) is 10.6 Å². The highest BCUT2D eigenvalue weighted by Gasteiger charge is 2.10. The molecule has 0 bridgehead atoms. The van der Waals surface area contributed by atoms with E-state index in [2.05, 4.69) is 29.2 Å². The van der Waals surface area contributed by atoms with E-state index in [1.807, 2.05) is 0 Å². The van der Waals surface area contributed by atoms with Gasteiger partial charge in [0.25, 0.3) is 0 Å². The minimum Gasteiger partial charge on any atom is -0.385 e. The molecule has 1 heterocycles. The second-order valence-electron chi connectivity index (χ2n) is 4.44. The Balaban J connectivity index is 2.43. The fourth-order valence-corrected chi connectivity index (χ4v) is 2.68. The van der Waals surface area contributed by atoms with Gasteiger partial charge < -0.3 is 19.7 Å². The average molecular weight is 287 g/mol. The summed E-state index contributed by atoms with van der Waals surface area (Å²) in [6.07, 6.45) is 1.02. The first kappa shape index (κ1) is 16.4. The second kappa shape index (κ2) is 9.25. The summed E-state index contributed by atoms with van der Waals surface area (Å²) >= 11 is 1.75. The molecule has 6 heteroatoms. The monoisotopic (exact) mass is 287 g/mol. The van der Waals surface area contributed by atoms with E-state index in [0.717, 1.165) is 50.1 Å². The van der Waals surface area contributed by atoms with Crippen molar-refractivity contribution < 1.29 is 9.47 Å². The molecule has 0 saturated carbocycles. The smallest absolute Gasteiger partial charge is 0.185 e. The first-order chi connectivity index (χ1) is 9.19. The van der Waals surface area contributed by atoms with Crippen LogP contribution >= 0.6 is 11.3 Å². The van der Waals surface area contributed by atoms with Gasteiger partial charge in [-0.25, -0.2) is 4.98 Å². The van der Waals surface area contributed by atoms with Gasteiger partial charge in [0.05, 0.1) is 12.3 Å². The van der Waals surface area contributed by atoms with Crippen LogP contribution in [-0.2, 0) is 16.0 Å². The highest BCUT2D eigenvalue weighted by atomic mass is 32.1. The summed E-state index contributed by atoms with van der Waals surface area (Å²) in [5, 5.41) is 4.44. The van der Waals surface area contributed by atoms with E-state index >= 15 is 0 Å². The number of hydrogen-bond acceptors (Lipinski definition) is 6. The Morgan fingerprint density at radius 2 is 2.00 bits per heavy atom. The molecule has 110 valence electrons. The lowest BCUT2D eigenvalue weighted by Gasteiger charge is -2.14. The van der Waals surface area contributed by atoms with E-state index in [9.17, 15) is 0 Å². The molecule has 1 aromatic heterocycles. The van der Waals surface area contributed by atoms with E-state index in [4.69, 9.17) is 9.47 Å². The molecule has 1 rings (SSSR count). The molecule has 0 amide bonds. The Labute approximate surface area is 119 Å². The van der Waals surface area contributed by atoms with Crippen LogP contribution in [0.5, 0.6) is 0 Å². The maximum atomic E-state index is 5.07. The summed E-state index contributed by atoms with van der Waals surface area (Å²) in [5.41, 5.74) is 1.11. The van der Waals surface area contributed by atoms with Crippen molar-refractivity contribution in [1.29, 1.82) is 0 Å². The third-order valence-corrected chi connectivity index (χ3v) is 4.09. The van der Waals surface area contributed by atoms with Crippen LogP contribution in [0.25, 0.3) is 0 Å². The molecule has 0 fully saturated rings. The van der Waals surface area contributed by atoms with Gasteiger partial charge in [-0.1, -0.05) is 0 Å². The number of anilines is 1. The Hall–Kier alpha value is -0.690. The fourth-order valence-electron chi connectivity index (χ4n) is 1.66. The van der Waals surface area contributed by atoms with Crippen molar-refractivity contribution in [1.82, 2.24) is 10.3 Å². The van der Waals surface area contributed by atoms with Crippen LogP contribution in [0.4, 0.5) is 5.13 Å². The van der Waals surface area contributed by atoms with Crippen LogP contribution < -0.4 is 10.2 Å². The molecule has 0 aromatic carbocycles. The number of nitrogens with one attached hydrogen (secondary N) is 1. The highest BCUT2D eigenvalue weighted by molar-refractivity contribution is 7.15. The largest absolute Gasteiger partial charge is 0.385 e. The Bertz CT molecular complexity index is 358. The van der Waals surface area contributed by atoms with Gasteiger partial charge in [-0.3, -0.25) is 0 Å². The molecule has 0 aliphatic heterocycles. The van der Waals surface area contributed by atoms with E-state index < -0.39 is 0 Å². The summed E-state index contributed by atoms with van der Waals surface area (Å²) in [4.78, 5) is 8.11. The highest BCUT2D eigenvalue weighted by Crippen LogP contribution is 2.25. The van der Waals surface area contributed by atoms with E-state index in [-0.39, 0.29) is 0 Å². The SMILES string of the molecule is COCCCN(C)c1nc(C)c(CNCCOC)s1. The zero-order valence-corrected chi connectivity index (χ0v) is 13.2. The van der Waals surface area contributed by atoms with Crippen LogP contribution in [-0.4, -0.2) is 52.6 Å². The maximum Gasteiger partial charge on any atom is 0.185 e. The van der Waals surface area contributed by atoms with Crippen molar-refractivity contribution in [3.8, 4) is 0 Å². The van der Waals surface area contributed by atoms with Crippen molar-refractivity contribution in [3.63, 3.8) is 0 Å². The molecular weight excluding hydrogens is 262 g/mol. The van der Waals surface area contributed by atoms with Crippen LogP contribution in [0.2, 0.25) is 0 Å². The van der Waals surface area contributed by atoms with Crippen LogP contribution in [0, 0.1) is 6.92 Å². The minimum absolute atomic E-state index is 0.738. The van der Waals surface area contributed by atoms with Gasteiger partial charge in [0.15, 0.2) is 5.13 Å². The first-order valence-corrected chi connectivity index (χ1v) is 7.36. The number of methoxy groups -OCH3 is 2. The number of rotatable bonds is 10. The minimum atomic E-state index is 0.738. The number of hydrogen-bond donors (Lipinski definition) is 1. The maximum absolute atomic E-state index is 5.07. The number of thiazole rings is 1. The van der Waals surface area contributed by atoms with Crippen LogP contribution in [0.3, 0.4) is 0 Å². The van der Waals surface area contributed by atoms with Gasteiger partial charge in [-0.15, -0.1) is 11.3 Å². The first-order valence-electron chi connectivity index (χ1n) is 6.55. The Morgan fingerprint density at radius 3 is 2.68 bits per heavy atom. The quantitative estimate of drug-likeness (QED) is 0.663. The van der Waals surface area contributed by atoms with Gasteiger partial charge in [-0.05, 0) is 13.3 Å². The normalized spacial score (nSPS) is 10.9. The average Bonchev–Trinajstić information content (AvgIpc) is 2.76. The van der Waals surface area contributed by atoms with Crippen molar-refractivity contribution >= 4 is 16.5 Å². The fraction of sp³-hybridized carbons (Fsp3) is 0.769. The van der Waals surface area contributed by atoms with Crippen molar-refractivity contribution in [2.75, 3.05) is 52.5 Å². The molecule has 1 N–H and O–H groups in total. The van der Waals surface area contributed by atoms with E-state index in [1.54, 1.807) is 25.6 Å². The molecule has 0 aliphatic rings. The van der Waals surface area contributed by atoms with Crippen molar-refractivity contribution in [2.24, 2.45) is 0 Å². The Morgan fingerprint density at radius 1 is 1.26 bits per heavy atom. The third-order valence-electron chi connectivity index (χ3n) is 2.82. The lowest BCUT2D eigenvalue weighted by molar-refractivity contribution is 0.196. The predicted octanol–water partition coefficient (Wildman–Crippen LogP) is 1.66. The molecule has 0 unspecified atom stereocenters. The molecule has 0 aliphatic carbocycles. The third kappa shape index (κ3) is 5.86. The lowest BCUT2D eigenvalue weighted by atomic mass is 10.4. The standard InChI is InChI=1S/C13H25N3O2S/c1-11-12(10-14-6-9-18-4)19-13(15-11)16(2)7-5-8-17-3/h14H,5-10H2,1-4H3.